The minimum absolute atomic E-state index is 0. The van der Waals surface area contributed by atoms with Crippen LogP contribution in [0.15, 0.2) is 23.1 Å². The summed E-state index contributed by atoms with van der Waals surface area (Å²) in [6, 6.07) is 2.75. The topological polar surface area (TPSA) is 37.4 Å². The van der Waals surface area contributed by atoms with Gasteiger partial charge in [0.05, 0.1) is 44.2 Å². The van der Waals surface area contributed by atoms with E-state index >= 15 is 0 Å². The smallest absolute Gasteiger partial charge is 0.243 e. The van der Waals surface area contributed by atoms with Crippen LogP contribution in [-0.2, 0) is 10.0 Å². The van der Waals surface area contributed by atoms with Gasteiger partial charge in [-0.3, -0.25) is 0 Å². The predicted molar refractivity (Wildman–Crippen MR) is 74.1 cm³/mol. The Bertz CT molecular complexity index is 638. The van der Waals surface area contributed by atoms with E-state index < -0.39 is 21.7 Å². The first-order chi connectivity index (χ1) is 9.93. The summed E-state index contributed by atoms with van der Waals surface area (Å²) in [6.45, 7) is 4.76. The summed E-state index contributed by atoms with van der Waals surface area (Å²) in [7, 11) is -3.73. The highest BCUT2D eigenvalue weighted by Gasteiger charge is 2.39. The second kappa shape index (κ2) is 6.51. The van der Waals surface area contributed by atoms with Crippen LogP contribution >= 0.6 is 0 Å². The van der Waals surface area contributed by atoms with Crippen LogP contribution in [-0.4, -0.2) is 56.5 Å². The molecule has 2 heterocycles. The van der Waals surface area contributed by atoms with E-state index in [1.165, 1.54) is 17.1 Å². The monoisotopic (exact) mass is 396 g/mol. The fourth-order valence-corrected chi connectivity index (χ4v) is 4.79. The quantitative estimate of drug-likeness (QED) is 0.575. The van der Waals surface area contributed by atoms with Gasteiger partial charge >= 0.3 is 0 Å². The molecule has 0 aromatic heterocycles. The first-order valence-electron chi connectivity index (χ1n) is 7.23. The lowest BCUT2D eigenvalue weighted by Crippen LogP contribution is -3.00. The molecule has 0 aliphatic carbocycles. The van der Waals surface area contributed by atoms with Crippen LogP contribution in [0.2, 0.25) is 0 Å². The molecular weight excluding hydrogens is 378 g/mol. The lowest BCUT2D eigenvalue weighted by Gasteiger charge is -2.41. The maximum Gasteiger partial charge on any atom is 0.243 e. The van der Waals surface area contributed by atoms with Crippen LogP contribution in [0, 0.1) is 11.6 Å². The molecule has 3 rings (SSSR count). The van der Waals surface area contributed by atoms with E-state index in [4.69, 9.17) is 0 Å². The molecular formula is C14H19BrF2N2O2S. The zero-order valence-corrected chi connectivity index (χ0v) is 14.5. The van der Waals surface area contributed by atoms with Gasteiger partial charge in [0.1, 0.15) is 0 Å². The van der Waals surface area contributed by atoms with Crippen LogP contribution in [0.5, 0.6) is 0 Å². The van der Waals surface area contributed by atoms with Crippen molar-refractivity contribution in [2.75, 3.05) is 39.3 Å². The van der Waals surface area contributed by atoms with E-state index in [9.17, 15) is 17.2 Å². The molecule has 0 radical (unpaired) electrons. The molecule has 0 amide bonds. The van der Waals surface area contributed by atoms with E-state index in [1.807, 2.05) is 0 Å². The fraction of sp³-hybridized carbons (Fsp3) is 0.571. The number of rotatable bonds is 2. The SMILES string of the molecule is O=S(=O)(c1ccc(F)c(F)c1)N1CC[N+]2(CCCC2)CC1.[Br-]. The molecule has 0 saturated carbocycles. The Hall–Kier alpha value is -0.570. The Morgan fingerprint density at radius 1 is 0.955 bits per heavy atom. The minimum Gasteiger partial charge on any atom is -1.00 e. The van der Waals surface area contributed by atoms with Crippen molar-refractivity contribution in [2.24, 2.45) is 0 Å². The first kappa shape index (κ1) is 17.8. The molecule has 8 heteroatoms. The second-order valence-electron chi connectivity index (χ2n) is 5.92. The lowest BCUT2D eigenvalue weighted by atomic mass is 10.3. The summed E-state index contributed by atoms with van der Waals surface area (Å²) in [5.41, 5.74) is 0. The van der Waals surface area contributed by atoms with Crippen LogP contribution in [0.1, 0.15) is 12.8 Å². The molecule has 22 heavy (non-hydrogen) atoms. The highest BCUT2D eigenvalue weighted by atomic mass is 79.9. The molecule has 1 spiro atoms. The number of nitrogens with zero attached hydrogens (tertiary/aromatic N) is 2. The normalized spacial score (nSPS) is 21.7. The third-order valence-electron chi connectivity index (χ3n) is 4.69. The molecule has 1 aromatic carbocycles. The van der Waals surface area contributed by atoms with Crippen molar-refractivity contribution < 1.29 is 38.7 Å². The second-order valence-corrected chi connectivity index (χ2v) is 7.86. The van der Waals surface area contributed by atoms with E-state index in [0.717, 1.165) is 48.9 Å². The van der Waals surface area contributed by atoms with Crippen molar-refractivity contribution in [2.45, 2.75) is 17.7 Å². The van der Waals surface area contributed by atoms with E-state index in [-0.39, 0.29) is 21.9 Å². The summed E-state index contributed by atoms with van der Waals surface area (Å²) >= 11 is 0. The third-order valence-corrected chi connectivity index (χ3v) is 6.59. The summed E-state index contributed by atoms with van der Waals surface area (Å²) < 4.78 is 53.6. The summed E-state index contributed by atoms with van der Waals surface area (Å²) in [6.07, 6.45) is 2.41. The van der Waals surface area contributed by atoms with Gasteiger partial charge < -0.3 is 21.5 Å². The predicted octanol–water partition coefficient (Wildman–Crippen LogP) is -1.42. The molecule has 124 valence electrons. The number of quaternary nitrogens is 1. The van der Waals surface area contributed by atoms with Gasteiger partial charge in [0, 0.05) is 12.8 Å². The third kappa shape index (κ3) is 3.20. The van der Waals surface area contributed by atoms with Crippen molar-refractivity contribution in [3.63, 3.8) is 0 Å². The van der Waals surface area contributed by atoms with Gasteiger partial charge in [-0.1, -0.05) is 0 Å². The van der Waals surface area contributed by atoms with Crippen molar-refractivity contribution in [3.8, 4) is 0 Å². The van der Waals surface area contributed by atoms with E-state index in [0.29, 0.717) is 13.1 Å². The average molecular weight is 397 g/mol. The van der Waals surface area contributed by atoms with Crippen LogP contribution in [0.3, 0.4) is 0 Å². The summed E-state index contributed by atoms with van der Waals surface area (Å²) in [4.78, 5) is -0.170. The number of sulfonamides is 1. The molecule has 2 aliphatic heterocycles. The number of hydrogen-bond donors (Lipinski definition) is 0. The van der Waals surface area contributed by atoms with Gasteiger partial charge in [-0.15, -0.1) is 0 Å². The summed E-state index contributed by atoms with van der Waals surface area (Å²) in [5, 5.41) is 0. The Balaban J connectivity index is 0.00000176. The lowest BCUT2D eigenvalue weighted by molar-refractivity contribution is -0.920. The maximum absolute atomic E-state index is 13.3. The Morgan fingerprint density at radius 3 is 2.09 bits per heavy atom. The first-order valence-corrected chi connectivity index (χ1v) is 8.67. The molecule has 0 atom stereocenters. The molecule has 0 unspecified atom stereocenters. The van der Waals surface area contributed by atoms with Gasteiger partial charge in [0.2, 0.25) is 10.0 Å². The standard InChI is InChI=1S/C14H19F2N2O2S.BrH/c15-13-4-3-12(11-14(13)16)21(19,20)17-5-9-18(10-6-17)7-1-2-8-18;/h3-4,11H,1-2,5-10H2;1H/q+1;/p-1. The van der Waals surface area contributed by atoms with Crippen molar-refractivity contribution in [1.82, 2.24) is 4.31 Å². The van der Waals surface area contributed by atoms with Crippen LogP contribution in [0.4, 0.5) is 8.78 Å². The number of hydrogen-bond acceptors (Lipinski definition) is 2. The Morgan fingerprint density at radius 2 is 1.55 bits per heavy atom. The minimum atomic E-state index is -3.73. The zero-order valence-electron chi connectivity index (χ0n) is 12.1. The molecule has 2 aliphatic rings. The van der Waals surface area contributed by atoms with Crippen molar-refractivity contribution >= 4 is 10.0 Å². The van der Waals surface area contributed by atoms with Crippen LogP contribution in [0.25, 0.3) is 0 Å². The Kier molecular flexibility index (Phi) is 5.26. The van der Waals surface area contributed by atoms with Gasteiger partial charge in [-0.05, 0) is 18.2 Å². The van der Waals surface area contributed by atoms with Gasteiger partial charge in [0.15, 0.2) is 11.6 Å². The van der Waals surface area contributed by atoms with E-state index in [1.54, 1.807) is 0 Å². The number of halogens is 3. The highest BCUT2D eigenvalue weighted by molar-refractivity contribution is 7.89. The molecule has 2 saturated heterocycles. The molecule has 0 bridgehead atoms. The van der Waals surface area contributed by atoms with Gasteiger partial charge in [0.25, 0.3) is 0 Å². The van der Waals surface area contributed by atoms with Gasteiger partial charge in [-0.2, -0.15) is 4.31 Å². The van der Waals surface area contributed by atoms with Crippen molar-refractivity contribution in [1.29, 1.82) is 0 Å². The highest BCUT2D eigenvalue weighted by Crippen LogP contribution is 2.25. The molecule has 1 aromatic rings. The molecule has 4 nitrogen and oxygen atoms in total. The molecule has 2 fully saturated rings. The van der Waals surface area contributed by atoms with Crippen LogP contribution < -0.4 is 17.0 Å². The summed E-state index contributed by atoms with van der Waals surface area (Å²) in [5.74, 6) is -2.16. The molecule has 0 N–H and O–H groups in total. The largest absolute Gasteiger partial charge is 1.00 e. The van der Waals surface area contributed by atoms with Gasteiger partial charge in [-0.25, -0.2) is 17.2 Å². The maximum atomic E-state index is 13.3. The number of benzene rings is 1. The van der Waals surface area contributed by atoms with E-state index in [2.05, 4.69) is 0 Å². The average Bonchev–Trinajstić information content (AvgIpc) is 2.90. The van der Waals surface area contributed by atoms with Crippen molar-refractivity contribution in [3.05, 3.63) is 29.8 Å². The zero-order chi connectivity index (χ0) is 15.1. The Labute approximate surface area is 140 Å². The number of piperazine rings is 1. The fourth-order valence-electron chi connectivity index (χ4n) is 3.35.